The summed E-state index contributed by atoms with van der Waals surface area (Å²) >= 11 is 9.18. The fourth-order valence-corrected chi connectivity index (χ4v) is 1.71. The van der Waals surface area contributed by atoms with Gasteiger partial charge in [0, 0.05) is 9.50 Å². The van der Waals surface area contributed by atoms with Crippen LogP contribution in [0.3, 0.4) is 0 Å². The van der Waals surface area contributed by atoms with Gasteiger partial charge in [0.25, 0.3) is 0 Å². The second kappa shape index (κ2) is 4.11. The van der Waals surface area contributed by atoms with Crippen LogP contribution < -0.4 is 0 Å². The molecule has 0 heterocycles. The minimum atomic E-state index is -0.872. The second-order valence-electron chi connectivity index (χ2n) is 2.70. The van der Waals surface area contributed by atoms with Crippen LogP contribution in [-0.4, -0.2) is 11.1 Å². The van der Waals surface area contributed by atoms with Gasteiger partial charge in [0.1, 0.15) is 0 Å². The molecule has 2 nitrogen and oxygen atoms in total. The van der Waals surface area contributed by atoms with Gasteiger partial charge in [0.15, 0.2) is 0 Å². The van der Waals surface area contributed by atoms with Crippen LogP contribution in [0.25, 0.3) is 0 Å². The van der Waals surface area contributed by atoms with E-state index in [0.717, 1.165) is 10.0 Å². The Bertz CT molecular complexity index is 350. The molecule has 0 aliphatic carbocycles. The second-order valence-corrected chi connectivity index (χ2v) is 3.96. The van der Waals surface area contributed by atoms with Gasteiger partial charge in [-0.05, 0) is 30.2 Å². The number of aliphatic carboxylic acids is 1. The molecule has 0 amide bonds. The van der Waals surface area contributed by atoms with Crippen molar-refractivity contribution in [3.05, 3.63) is 32.8 Å². The van der Waals surface area contributed by atoms with Crippen molar-refractivity contribution < 1.29 is 9.90 Å². The number of hydrogen-bond acceptors (Lipinski definition) is 1. The minimum Gasteiger partial charge on any atom is -0.481 e. The Balaban J connectivity index is 3.17. The van der Waals surface area contributed by atoms with E-state index >= 15 is 0 Å². The van der Waals surface area contributed by atoms with Crippen LogP contribution >= 0.6 is 27.5 Å². The highest BCUT2D eigenvalue weighted by Crippen LogP contribution is 2.26. The van der Waals surface area contributed by atoms with Crippen LogP contribution in [0.15, 0.2) is 16.6 Å². The van der Waals surface area contributed by atoms with Gasteiger partial charge in [-0.3, -0.25) is 4.79 Å². The molecular formula is C9H8BrClO2. The third-order valence-electron chi connectivity index (χ3n) is 1.80. The minimum absolute atomic E-state index is 0.0376. The number of benzene rings is 1. The molecule has 0 atom stereocenters. The molecule has 0 saturated heterocycles. The van der Waals surface area contributed by atoms with Crippen molar-refractivity contribution in [1.82, 2.24) is 0 Å². The predicted octanol–water partition coefficient (Wildman–Crippen LogP) is 3.04. The third kappa shape index (κ3) is 2.45. The molecule has 1 aromatic carbocycles. The molecule has 0 radical (unpaired) electrons. The number of carboxylic acids is 1. The van der Waals surface area contributed by atoms with Crippen LogP contribution in [0, 0.1) is 6.92 Å². The largest absolute Gasteiger partial charge is 0.481 e. The first-order chi connectivity index (χ1) is 6.02. The summed E-state index contributed by atoms with van der Waals surface area (Å²) in [5.74, 6) is -0.872. The Morgan fingerprint density at radius 1 is 1.62 bits per heavy atom. The molecule has 70 valence electrons. The van der Waals surface area contributed by atoms with E-state index in [-0.39, 0.29) is 6.42 Å². The Hall–Kier alpha value is -0.540. The fraction of sp³-hybridized carbons (Fsp3) is 0.222. The Labute approximate surface area is 89.7 Å². The van der Waals surface area contributed by atoms with E-state index in [9.17, 15) is 4.79 Å². The van der Waals surface area contributed by atoms with E-state index in [0.29, 0.717) is 10.6 Å². The molecule has 0 unspecified atom stereocenters. The Kier molecular flexibility index (Phi) is 3.33. The smallest absolute Gasteiger partial charge is 0.307 e. The molecule has 1 aromatic rings. The maximum Gasteiger partial charge on any atom is 0.307 e. The first-order valence-corrected chi connectivity index (χ1v) is 4.84. The molecule has 1 N–H and O–H groups in total. The summed E-state index contributed by atoms with van der Waals surface area (Å²) in [4.78, 5) is 10.5. The maximum atomic E-state index is 10.5. The normalized spacial score (nSPS) is 10.1. The lowest BCUT2D eigenvalue weighted by Crippen LogP contribution is -2.03. The van der Waals surface area contributed by atoms with Crippen molar-refractivity contribution >= 4 is 33.5 Å². The van der Waals surface area contributed by atoms with Crippen molar-refractivity contribution in [3.8, 4) is 0 Å². The standard InChI is InChI=1S/C9H8BrClO2/c1-5-6(4-9(12)13)8(11)3-2-7(5)10/h2-3H,4H2,1H3,(H,12,13). The number of rotatable bonds is 2. The zero-order chi connectivity index (χ0) is 10.0. The first kappa shape index (κ1) is 10.5. The number of carboxylic acid groups (broad SMARTS) is 1. The van der Waals surface area contributed by atoms with E-state index in [1.165, 1.54) is 0 Å². The summed E-state index contributed by atoms with van der Waals surface area (Å²) in [6.45, 7) is 1.84. The highest BCUT2D eigenvalue weighted by Gasteiger charge is 2.10. The summed E-state index contributed by atoms with van der Waals surface area (Å²) in [5, 5.41) is 9.14. The zero-order valence-electron chi connectivity index (χ0n) is 6.97. The van der Waals surface area contributed by atoms with Gasteiger partial charge in [-0.1, -0.05) is 27.5 Å². The summed E-state index contributed by atoms with van der Waals surface area (Å²) in [5.41, 5.74) is 1.55. The van der Waals surface area contributed by atoms with Gasteiger partial charge < -0.3 is 5.11 Å². The number of halogens is 2. The van der Waals surface area contributed by atoms with Crippen LogP contribution in [0.4, 0.5) is 0 Å². The molecule has 0 saturated carbocycles. The van der Waals surface area contributed by atoms with Crippen molar-refractivity contribution in [2.24, 2.45) is 0 Å². The summed E-state index contributed by atoms with van der Waals surface area (Å²) < 4.78 is 0.883. The van der Waals surface area contributed by atoms with Gasteiger partial charge in [0.05, 0.1) is 6.42 Å². The summed E-state index contributed by atoms with van der Waals surface area (Å²) in [6, 6.07) is 3.50. The topological polar surface area (TPSA) is 37.3 Å². The highest BCUT2D eigenvalue weighted by atomic mass is 79.9. The Morgan fingerprint density at radius 2 is 2.23 bits per heavy atom. The van der Waals surface area contributed by atoms with Crippen LogP contribution in [0.5, 0.6) is 0 Å². The molecule has 0 aromatic heterocycles. The highest BCUT2D eigenvalue weighted by molar-refractivity contribution is 9.10. The summed E-state index contributed by atoms with van der Waals surface area (Å²) in [7, 11) is 0. The van der Waals surface area contributed by atoms with Gasteiger partial charge in [0.2, 0.25) is 0 Å². The van der Waals surface area contributed by atoms with Crippen molar-refractivity contribution in [3.63, 3.8) is 0 Å². The third-order valence-corrected chi connectivity index (χ3v) is 3.02. The van der Waals surface area contributed by atoms with Gasteiger partial charge >= 0.3 is 5.97 Å². The zero-order valence-corrected chi connectivity index (χ0v) is 9.32. The van der Waals surface area contributed by atoms with Crippen molar-refractivity contribution in [1.29, 1.82) is 0 Å². The van der Waals surface area contributed by atoms with Crippen molar-refractivity contribution in [2.45, 2.75) is 13.3 Å². The average Bonchev–Trinajstić information content (AvgIpc) is 2.05. The molecule has 0 aliphatic rings. The van der Waals surface area contributed by atoms with Gasteiger partial charge in [-0.25, -0.2) is 0 Å². The van der Waals surface area contributed by atoms with E-state index in [2.05, 4.69) is 15.9 Å². The first-order valence-electron chi connectivity index (χ1n) is 3.67. The molecule has 0 spiro atoms. The van der Waals surface area contributed by atoms with E-state index in [1.807, 2.05) is 13.0 Å². The fourth-order valence-electron chi connectivity index (χ4n) is 1.06. The molecule has 0 fully saturated rings. The number of hydrogen-bond donors (Lipinski definition) is 1. The van der Waals surface area contributed by atoms with Crippen LogP contribution in [0.2, 0.25) is 5.02 Å². The lowest BCUT2D eigenvalue weighted by molar-refractivity contribution is -0.136. The van der Waals surface area contributed by atoms with Crippen LogP contribution in [0.1, 0.15) is 11.1 Å². The molecule has 0 bridgehead atoms. The number of carbonyl (C=O) groups is 1. The van der Waals surface area contributed by atoms with Gasteiger partial charge in [-0.15, -0.1) is 0 Å². The SMILES string of the molecule is Cc1c(Br)ccc(Cl)c1CC(=O)O. The van der Waals surface area contributed by atoms with Crippen molar-refractivity contribution in [2.75, 3.05) is 0 Å². The molecule has 13 heavy (non-hydrogen) atoms. The summed E-state index contributed by atoms with van der Waals surface area (Å²) in [6.07, 6.45) is -0.0376. The van der Waals surface area contributed by atoms with E-state index in [4.69, 9.17) is 16.7 Å². The maximum absolute atomic E-state index is 10.5. The molecule has 4 heteroatoms. The van der Waals surface area contributed by atoms with Gasteiger partial charge in [-0.2, -0.15) is 0 Å². The quantitative estimate of drug-likeness (QED) is 0.890. The van der Waals surface area contributed by atoms with Crippen LogP contribution in [-0.2, 0) is 11.2 Å². The average molecular weight is 264 g/mol. The molecular weight excluding hydrogens is 255 g/mol. The monoisotopic (exact) mass is 262 g/mol. The Morgan fingerprint density at radius 3 is 2.77 bits per heavy atom. The lowest BCUT2D eigenvalue weighted by atomic mass is 10.1. The predicted molar refractivity (Wildman–Crippen MR) is 55.2 cm³/mol. The van der Waals surface area contributed by atoms with E-state index < -0.39 is 5.97 Å². The lowest BCUT2D eigenvalue weighted by Gasteiger charge is -2.07. The molecule has 0 aliphatic heterocycles. The van der Waals surface area contributed by atoms with E-state index in [1.54, 1.807) is 6.07 Å². The molecule has 1 rings (SSSR count).